The number of nitrogens with zero attached hydrogens (tertiary/aromatic N) is 3. The first-order chi connectivity index (χ1) is 11.9. The number of rotatable bonds is 6. The molecule has 0 aromatic carbocycles. The Morgan fingerprint density at radius 3 is 2.80 bits per heavy atom. The fourth-order valence-corrected chi connectivity index (χ4v) is 4.36. The zero-order valence-electron chi connectivity index (χ0n) is 14.6. The van der Waals surface area contributed by atoms with Crippen LogP contribution >= 0.6 is 0 Å². The molecule has 25 heavy (non-hydrogen) atoms. The van der Waals surface area contributed by atoms with Crippen LogP contribution in [0.3, 0.4) is 0 Å². The lowest BCUT2D eigenvalue weighted by Crippen LogP contribution is -2.60. The molecule has 2 fully saturated rings. The molecule has 3 heterocycles. The van der Waals surface area contributed by atoms with Crippen LogP contribution in [-0.2, 0) is 4.79 Å². The molecule has 136 valence electrons. The summed E-state index contributed by atoms with van der Waals surface area (Å²) in [6.07, 6.45) is 6.92. The molecule has 1 aromatic rings. The van der Waals surface area contributed by atoms with Crippen molar-refractivity contribution in [3.8, 4) is 0 Å². The summed E-state index contributed by atoms with van der Waals surface area (Å²) in [5, 5.41) is 10.5. The van der Waals surface area contributed by atoms with Crippen molar-refractivity contribution in [2.24, 2.45) is 5.73 Å². The summed E-state index contributed by atoms with van der Waals surface area (Å²) in [6.45, 7) is 0.570. The molecule has 0 radical (unpaired) electrons. The lowest BCUT2D eigenvalue weighted by Gasteiger charge is -2.43. The fourth-order valence-electron chi connectivity index (χ4n) is 4.36. The minimum absolute atomic E-state index is 0.160. The van der Waals surface area contributed by atoms with Crippen molar-refractivity contribution in [2.45, 2.75) is 49.8 Å². The van der Waals surface area contributed by atoms with Gasteiger partial charge in [-0.3, -0.25) is 19.5 Å². The molecule has 2 amide bonds. The van der Waals surface area contributed by atoms with Crippen molar-refractivity contribution in [1.29, 1.82) is 0 Å². The number of primary amides is 1. The van der Waals surface area contributed by atoms with Crippen LogP contribution in [-0.4, -0.2) is 69.5 Å². The van der Waals surface area contributed by atoms with Crippen LogP contribution in [0.25, 0.3) is 0 Å². The molecule has 2 aliphatic rings. The Balaban J connectivity index is 1.63. The number of aromatic nitrogens is 1. The first kappa shape index (κ1) is 17.8. The van der Waals surface area contributed by atoms with Gasteiger partial charge in [0.05, 0.1) is 6.10 Å². The molecule has 2 saturated heterocycles. The van der Waals surface area contributed by atoms with E-state index < -0.39 is 11.6 Å². The SMILES string of the molecule is CN(CC(O)CN1[C@@H]2CCC[C@@]1(C(N)=O)CC2)C(=O)c1ccncc1. The smallest absolute Gasteiger partial charge is 0.253 e. The molecular formula is C18H26N4O3. The van der Waals surface area contributed by atoms with Crippen LogP contribution in [0.2, 0.25) is 0 Å². The summed E-state index contributed by atoms with van der Waals surface area (Å²) < 4.78 is 0. The minimum Gasteiger partial charge on any atom is -0.390 e. The van der Waals surface area contributed by atoms with E-state index in [1.807, 2.05) is 0 Å². The number of β-amino-alcohol motifs (C(OH)–C–C–N with tert-alkyl or cyclic N) is 1. The second-order valence-corrected chi connectivity index (χ2v) is 7.21. The largest absolute Gasteiger partial charge is 0.390 e. The van der Waals surface area contributed by atoms with E-state index in [1.54, 1.807) is 31.6 Å². The van der Waals surface area contributed by atoms with Gasteiger partial charge in [-0.05, 0) is 44.2 Å². The van der Waals surface area contributed by atoms with E-state index in [1.165, 1.54) is 4.90 Å². The molecule has 0 aliphatic carbocycles. The van der Waals surface area contributed by atoms with Gasteiger partial charge < -0.3 is 15.7 Å². The van der Waals surface area contributed by atoms with Gasteiger partial charge in [0.2, 0.25) is 5.91 Å². The van der Waals surface area contributed by atoms with E-state index in [0.29, 0.717) is 18.2 Å². The van der Waals surface area contributed by atoms with Gasteiger partial charge in [0.25, 0.3) is 5.91 Å². The lowest BCUT2D eigenvalue weighted by molar-refractivity contribution is -0.132. The molecule has 7 heteroatoms. The average Bonchev–Trinajstić information content (AvgIpc) is 2.80. The highest BCUT2D eigenvalue weighted by atomic mass is 16.3. The Labute approximate surface area is 147 Å². The first-order valence-corrected chi connectivity index (χ1v) is 8.84. The number of carbonyl (C=O) groups excluding carboxylic acids is 2. The molecule has 0 spiro atoms. The fraction of sp³-hybridized carbons (Fsp3) is 0.611. The van der Waals surface area contributed by atoms with E-state index in [4.69, 9.17) is 5.73 Å². The van der Waals surface area contributed by atoms with Gasteiger partial charge in [-0.15, -0.1) is 0 Å². The second kappa shape index (κ2) is 7.09. The summed E-state index contributed by atoms with van der Waals surface area (Å²) in [6, 6.07) is 3.60. The van der Waals surface area contributed by atoms with Gasteiger partial charge in [-0.2, -0.15) is 0 Å². The monoisotopic (exact) mass is 346 g/mol. The van der Waals surface area contributed by atoms with Gasteiger partial charge in [0, 0.05) is 44.1 Å². The highest BCUT2D eigenvalue weighted by Crippen LogP contribution is 2.43. The van der Waals surface area contributed by atoms with E-state index in [2.05, 4.69) is 9.88 Å². The zero-order chi connectivity index (χ0) is 18.0. The maximum absolute atomic E-state index is 12.4. The molecule has 1 unspecified atom stereocenters. The topological polar surface area (TPSA) is 99.8 Å². The van der Waals surface area contributed by atoms with Crippen molar-refractivity contribution in [3.63, 3.8) is 0 Å². The number of amides is 2. The molecule has 0 saturated carbocycles. The standard InChI is InChI=1S/C18H26N4O3/c1-21(16(24)13-5-9-20-10-6-13)11-15(23)12-22-14-3-2-7-18(22,8-4-14)17(19)25/h5-6,9-10,14-15,23H,2-4,7-8,11-12H2,1H3,(H2,19,25)/t14-,15?,18+/m1/s1. The maximum Gasteiger partial charge on any atom is 0.253 e. The summed E-state index contributed by atoms with van der Waals surface area (Å²) in [4.78, 5) is 32.0. The Morgan fingerprint density at radius 2 is 2.12 bits per heavy atom. The number of carbonyl (C=O) groups is 2. The number of pyridine rings is 1. The lowest BCUT2D eigenvalue weighted by atomic mass is 9.87. The summed E-state index contributed by atoms with van der Waals surface area (Å²) in [7, 11) is 1.67. The van der Waals surface area contributed by atoms with E-state index in [-0.39, 0.29) is 18.4 Å². The van der Waals surface area contributed by atoms with Crippen LogP contribution in [0, 0.1) is 0 Å². The molecule has 3 N–H and O–H groups in total. The van der Waals surface area contributed by atoms with Crippen molar-refractivity contribution < 1.29 is 14.7 Å². The Kier molecular flexibility index (Phi) is 5.06. The Morgan fingerprint density at radius 1 is 1.40 bits per heavy atom. The Hall–Kier alpha value is -1.99. The number of nitrogens with two attached hydrogens (primary N) is 1. The van der Waals surface area contributed by atoms with Gasteiger partial charge in [-0.1, -0.05) is 0 Å². The van der Waals surface area contributed by atoms with Crippen LogP contribution in [0.5, 0.6) is 0 Å². The Bertz CT molecular complexity index is 634. The van der Waals surface area contributed by atoms with Gasteiger partial charge >= 0.3 is 0 Å². The number of aliphatic hydroxyl groups is 1. The third kappa shape index (κ3) is 3.39. The maximum atomic E-state index is 12.4. The van der Waals surface area contributed by atoms with E-state index >= 15 is 0 Å². The number of hydrogen-bond donors (Lipinski definition) is 2. The molecular weight excluding hydrogens is 320 g/mol. The van der Waals surface area contributed by atoms with Crippen LogP contribution in [0.1, 0.15) is 42.5 Å². The van der Waals surface area contributed by atoms with E-state index in [0.717, 1.165) is 32.1 Å². The molecule has 3 rings (SSSR count). The predicted octanol–water partition coefficient (Wildman–Crippen LogP) is 0.387. The van der Waals surface area contributed by atoms with Gasteiger partial charge in [0.15, 0.2) is 0 Å². The van der Waals surface area contributed by atoms with Crippen LogP contribution in [0.4, 0.5) is 0 Å². The average molecular weight is 346 g/mol. The normalized spacial score (nSPS) is 27.0. The molecule has 1 aromatic heterocycles. The first-order valence-electron chi connectivity index (χ1n) is 8.84. The highest BCUT2D eigenvalue weighted by Gasteiger charge is 2.52. The molecule has 7 nitrogen and oxygen atoms in total. The summed E-state index contributed by atoms with van der Waals surface area (Å²) >= 11 is 0. The molecule has 2 bridgehead atoms. The third-order valence-corrected chi connectivity index (χ3v) is 5.63. The zero-order valence-corrected chi connectivity index (χ0v) is 14.6. The number of piperidine rings is 1. The number of likely N-dealkylation sites (N-methyl/N-ethyl adjacent to an activating group) is 1. The third-order valence-electron chi connectivity index (χ3n) is 5.63. The van der Waals surface area contributed by atoms with Crippen molar-refractivity contribution >= 4 is 11.8 Å². The van der Waals surface area contributed by atoms with Crippen LogP contribution < -0.4 is 5.73 Å². The predicted molar refractivity (Wildman–Crippen MR) is 92.7 cm³/mol. The van der Waals surface area contributed by atoms with Crippen molar-refractivity contribution in [3.05, 3.63) is 30.1 Å². The summed E-state index contributed by atoms with van der Waals surface area (Å²) in [5.74, 6) is -0.448. The van der Waals surface area contributed by atoms with Gasteiger partial charge in [-0.25, -0.2) is 0 Å². The molecule has 3 atom stereocenters. The molecule has 2 aliphatic heterocycles. The van der Waals surface area contributed by atoms with Crippen molar-refractivity contribution in [2.75, 3.05) is 20.1 Å². The van der Waals surface area contributed by atoms with Crippen LogP contribution in [0.15, 0.2) is 24.5 Å². The van der Waals surface area contributed by atoms with Gasteiger partial charge in [0.1, 0.15) is 5.54 Å². The quantitative estimate of drug-likeness (QED) is 0.776. The number of hydrogen-bond acceptors (Lipinski definition) is 5. The second-order valence-electron chi connectivity index (χ2n) is 7.21. The highest BCUT2D eigenvalue weighted by molar-refractivity contribution is 5.93. The number of aliphatic hydroxyl groups excluding tert-OH is 1. The van der Waals surface area contributed by atoms with Crippen molar-refractivity contribution in [1.82, 2.24) is 14.8 Å². The van der Waals surface area contributed by atoms with E-state index in [9.17, 15) is 14.7 Å². The number of fused-ring (bicyclic) bond motifs is 2. The minimum atomic E-state index is -0.729. The summed E-state index contributed by atoms with van der Waals surface area (Å²) in [5.41, 5.74) is 5.62.